The summed E-state index contributed by atoms with van der Waals surface area (Å²) in [4.78, 5) is 10.6. The number of benzene rings is 8. The van der Waals surface area contributed by atoms with Gasteiger partial charge in [-0.05, 0) is 77.9 Å². The quantitative estimate of drug-likeness (QED) is 0.183. The molecule has 0 fully saturated rings. The third-order valence-corrected chi connectivity index (χ3v) is 11.0. The number of para-hydroxylation sites is 6. The Morgan fingerprint density at radius 2 is 0.945 bits per heavy atom. The number of hydrogen-bond donors (Lipinski definition) is 0. The molecule has 0 unspecified atom stereocenters. The molecule has 256 valence electrons. The molecule has 0 saturated heterocycles. The Balaban J connectivity index is 1.11. The van der Waals surface area contributed by atoms with E-state index >= 15 is 0 Å². The summed E-state index contributed by atoms with van der Waals surface area (Å²) in [6, 6.07) is 61.4. The van der Waals surface area contributed by atoms with Gasteiger partial charge in [0, 0.05) is 49.0 Å². The molecule has 0 radical (unpaired) electrons. The fraction of sp³-hybridized carbons (Fsp3) is 0. The molecule has 0 atom stereocenters. The van der Waals surface area contributed by atoms with Crippen molar-refractivity contribution < 1.29 is 8.83 Å². The number of nitrogens with zero attached hydrogens (tertiary/aromatic N) is 3. The summed E-state index contributed by atoms with van der Waals surface area (Å²) in [5.74, 6) is 0.600. The number of hydrogen-bond acceptors (Lipinski definition) is 4. The van der Waals surface area contributed by atoms with E-state index < -0.39 is 0 Å². The van der Waals surface area contributed by atoms with Crippen LogP contribution in [0.5, 0.6) is 0 Å². The standard InChI is InChI=1S/C50H29N3O2/c1-2-12-32(13-3-1)53-43-21-7-4-14-33(43)40-28-31(25-27-44(40)53)30-24-26-42-41(29-30)47(38-19-10-17-36-34-15-5-8-22-45(34)54-48(36)38)52-50(51-42)39-20-11-18-37-35-16-6-9-23-46(35)55-49(37)39/h1-29H. The SMILES string of the molecule is c1ccc(-n2c3ccccc3c3cc(-c4ccc5nc(-c6cccc7c6oc6ccccc67)nc(-c6cccc7c6oc6ccccc67)c5c4)ccc32)cc1. The Bertz CT molecular complexity index is 3500. The molecule has 55 heavy (non-hydrogen) atoms. The first-order chi connectivity index (χ1) is 27.3. The molecule has 0 amide bonds. The van der Waals surface area contributed by atoms with Crippen LogP contribution in [0.4, 0.5) is 0 Å². The molecule has 12 aromatic rings. The van der Waals surface area contributed by atoms with Crippen molar-refractivity contribution in [3.63, 3.8) is 0 Å². The predicted octanol–water partition coefficient (Wildman–Crippen LogP) is 13.5. The lowest BCUT2D eigenvalue weighted by Crippen LogP contribution is -1.96. The van der Waals surface area contributed by atoms with Crippen LogP contribution in [-0.4, -0.2) is 14.5 Å². The Kier molecular flexibility index (Phi) is 6.27. The predicted molar refractivity (Wildman–Crippen MR) is 225 cm³/mol. The molecule has 0 aliphatic carbocycles. The topological polar surface area (TPSA) is 57.0 Å². The lowest BCUT2D eigenvalue weighted by molar-refractivity contribution is 0.669. The van der Waals surface area contributed by atoms with Crippen LogP contribution in [0.2, 0.25) is 0 Å². The van der Waals surface area contributed by atoms with Gasteiger partial charge in [-0.15, -0.1) is 0 Å². The van der Waals surface area contributed by atoms with Gasteiger partial charge in [0.1, 0.15) is 22.3 Å². The molecule has 0 N–H and O–H groups in total. The van der Waals surface area contributed by atoms with Crippen LogP contribution in [0.1, 0.15) is 0 Å². The van der Waals surface area contributed by atoms with Crippen LogP contribution in [0, 0.1) is 0 Å². The minimum atomic E-state index is 0.600. The van der Waals surface area contributed by atoms with Gasteiger partial charge < -0.3 is 13.4 Å². The normalized spacial score (nSPS) is 12.0. The van der Waals surface area contributed by atoms with E-state index in [0.29, 0.717) is 5.82 Å². The summed E-state index contributed by atoms with van der Waals surface area (Å²) in [7, 11) is 0. The first-order valence-electron chi connectivity index (χ1n) is 18.5. The fourth-order valence-corrected chi connectivity index (χ4v) is 8.50. The second-order valence-corrected chi connectivity index (χ2v) is 14.1. The van der Waals surface area contributed by atoms with Gasteiger partial charge in [0.05, 0.1) is 27.8 Å². The zero-order valence-electron chi connectivity index (χ0n) is 29.4. The van der Waals surface area contributed by atoms with Crippen LogP contribution in [-0.2, 0) is 0 Å². The highest BCUT2D eigenvalue weighted by molar-refractivity contribution is 6.14. The van der Waals surface area contributed by atoms with E-state index in [2.05, 4.69) is 144 Å². The Labute approximate surface area is 314 Å². The van der Waals surface area contributed by atoms with Crippen molar-refractivity contribution in [3.8, 4) is 39.5 Å². The Morgan fingerprint density at radius 3 is 1.69 bits per heavy atom. The Morgan fingerprint density at radius 1 is 0.382 bits per heavy atom. The minimum absolute atomic E-state index is 0.600. The summed E-state index contributed by atoms with van der Waals surface area (Å²) in [6.07, 6.45) is 0. The molecule has 0 aliphatic rings. The maximum Gasteiger partial charge on any atom is 0.164 e. The molecule has 4 aromatic heterocycles. The smallest absolute Gasteiger partial charge is 0.164 e. The average Bonchev–Trinajstić information content (AvgIpc) is 3.93. The van der Waals surface area contributed by atoms with Crippen molar-refractivity contribution in [2.45, 2.75) is 0 Å². The lowest BCUT2D eigenvalue weighted by atomic mass is 9.97. The molecule has 5 heteroatoms. The molecule has 5 nitrogen and oxygen atoms in total. The monoisotopic (exact) mass is 703 g/mol. The van der Waals surface area contributed by atoms with Crippen LogP contribution >= 0.6 is 0 Å². The van der Waals surface area contributed by atoms with Crippen molar-refractivity contribution >= 4 is 76.6 Å². The van der Waals surface area contributed by atoms with E-state index in [1.807, 2.05) is 36.4 Å². The first-order valence-corrected chi connectivity index (χ1v) is 18.5. The summed E-state index contributed by atoms with van der Waals surface area (Å²) < 4.78 is 15.4. The average molecular weight is 704 g/mol. The third kappa shape index (κ3) is 4.47. The molecule has 8 aromatic carbocycles. The zero-order chi connectivity index (χ0) is 36.0. The van der Waals surface area contributed by atoms with Crippen LogP contribution in [0.3, 0.4) is 0 Å². The van der Waals surface area contributed by atoms with E-state index in [4.69, 9.17) is 18.8 Å². The molecule has 0 bridgehead atoms. The second-order valence-electron chi connectivity index (χ2n) is 14.1. The fourth-order valence-electron chi connectivity index (χ4n) is 8.50. The van der Waals surface area contributed by atoms with E-state index in [1.165, 1.54) is 21.8 Å². The number of aromatic nitrogens is 3. The Hall–Kier alpha value is -7.50. The van der Waals surface area contributed by atoms with Gasteiger partial charge in [-0.3, -0.25) is 0 Å². The summed E-state index contributed by atoms with van der Waals surface area (Å²) in [5, 5.41) is 7.60. The number of rotatable bonds is 4. The van der Waals surface area contributed by atoms with E-state index in [-0.39, 0.29) is 0 Å². The van der Waals surface area contributed by atoms with Gasteiger partial charge in [-0.1, -0.05) is 109 Å². The molecule has 0 spiro atoms. The van der Waals surface area contributed by atoms with Gasteiger partial charge in [0.25, 0.3) is 0 Å². The van der Waals surface area contributed by atoms with Gasteiger partial charge in [-0.25, -0.2) is 9.97 Å². The van der Waals surface area contributed by atoms with Crippen molar-refractivity contribution in [1.82, 2.24) is 14.5 Å². The van der Waals surface area contributed by atoms with Crippen molar-refractivity contribution in [2.75, 3.05) is 0 Å². The number of fused-ring (bicyclic) bond motifs is 10. The van der Waals surface area contributed by atoms with Gasteiger partial charge in [-0.2, -0.15) is 0 Å². The van der Waals surface area contributed by atoms with Crippen LogP contribution < -0.4 is 0 Å². The lowest BCUT2D eigenvalue weighted by Gasteiger charge is -2.12. The highest BCUT2D eigenvalue weighted by Gasteiger charge is 2.21. The van der Waals surface area contributed by atoms with Gasteiger partial charge in [0.2, 0.25) is 0 Å². The first kappa shape index (κ1) is 30.0. The highest BCUT2D eigenvalue weighted by atomic mass is 16.3. The maximum absolute atomic E-state index is 6.60. The van der Waals surface area contributed by atoms with Crippen LogP contribution in [0.25, 0.3) is 116 Å². The molecule has 0 saturated carbocycles. The zero-order valence-corrected chi connectivity index (χ0v) is 29.4. The third-order valence-electron chi connectivity index (χ3n) is 11.0. The van der Waals surface area contributed by atoms with Gasteiger partial charge in [0.15, 0.2) is 5.82 Å². The largest absolute Gasteiger partial charge is 0.455 e. The van der Waals surface area contributed by atoms with E-state index in [9.17, 15) is 0 Å². The van der Waals surface area contributed by atoms with Crippen molar-refractivity contribution in [1.29, 1.82) is 0 Å². The second kappa shape index (κ2) is 11.5. The van der Waals surface area contributed by atoms with Crippen molar-refractivity contribution in [2.24, 2.45) is 0 Å². The minimum Gasteiger partial charge on any atom is -0.455 e. The molecule has 12 rings (SSSR count). The molecular weight excluding hydrogens is 675 g/mol. The van der Waals surface area contributed by atoms with Crippen LogP contribution in [0.15, 0.2) is 185 Å². The summed E-state index contributed by atoms with van der Waals surface area (Å²) in [5.41, 5.74) is 12.4. The summed E-state index contributed by atoms with van der Waals surface area (Å²) >= 11 is 0. The number of furan rings is 2. The van der Waals surface area contributed by atoms with Gasteiger partial charge >= 0.3 is 0 Å². The summed E-state index contributed by atoms with van der Waals surface area (Å²) in [6.45, 7) is 0. The maximum atomic E-state index is 6.60. The molecule has 0 aliphatic heterocycles. The molecule has 4 heterocycles. The van der Waals surface area contributed by atoms with E-state index in [1.54, 1.807) is 0 Å². The van der Waals surface area contributed by atoms with Crippen molar-refractivity contribution in [3.05, 3.63) is 176 Å². The van der Waals surface area contributed by atoms with E-state index in [0.717, 1.165) is 88.4 Å². The highest BCUT2D eigenvalue weighted by Crippen LogP contribution is 2.42. The molecular formula is C50H29N3O2.